The molecule has 0 radical (unpaired) electrons. The van der Waals surface area contributed by atoms with Crippen molar-refractivity contribution in [3.05, 3.63) is 47.1 Å². The van der Waals surface area contributed by atoms with Gasteiger partial charge in [0.2, 0.25) is 5.89 Å². The van der Waals surface area contributed by atoms with Gasteiger partial charge in [-0.25, -0.2) is 9.78 Å². The zero-order valence-electron chi connectivity index (χ0n) is 16.1. The summed E-state index contributed by atoms with van der Waals surface area (Å²) >= 11 is 1.41. The molecule has 1 aromatic carbocycles. The number of benzene rings is 1. The van der Waals surface area contributed by atoms with E-state index >= 15 is 0 Å². The molecule has 2 aromatic heterocycles. The van der Waals surface area contributed by atoms with Crippen molar-refractivity contribution in [2.45, 2.75) is 33.6 Å². The summed E-state index contributed by atoms with van der Waals surface area (Å²) < 4.78 is 10.8. The molecule has 0 aliphatic rings. The van der Waals surface area contributed by atoms with E-state index in [1.165, 1.54) is 17.7 Å². The number of aryl methyl sites for hydroxylation is 3. The van der Waals surface area contributed by atoms with Crippen LogP contribution in [-0.2, 0) is 12.8 Å². The minimum Gasteiger partial charge on any atom is -0.491 e. The van der Waals surface area contributed by atoms with Crippen molar-refractivity contribution in [3.8, 4) is 5.75 Å². The van der Waals surface area contributed by atoms with Gasteiger partial charge in [-0.3, -0.25) is 5.32 Å². The number of amides is 2. The Labute approximate surface area is 167 Å². The van der Waals surface area contributed by atoms with Crippen LogP contribution in [0, 0.1) is 12.8 Å². The third-order valence-corrected chi connectivity index (χ3v) is 4.70. The summed E-state index contributed by atoms with van der Waals surface area (Å²) in [5, 5.41) is 9.70. The standard InChI is InChI=1S/C19H23N5O3S/c1-12(2)10-26-16-8-13(3)4-6-15(16)23-18(25)24-19-20-9-14(28-19)5-7-17-21-11-22-27-17/h4,6,8-9,11-12H,5,7,10H2,1-3H3,(H2,20,23,24,25). The molecule has 0 aliphatic carbocycles. The highest BCUT2D eigenvalue weighted by molar-refractivity contribution is 7.15. The highest BCUT2D eigenvalue weighted by atomic mass is 32.1. The molecule has 0 saturated carbocycles. The first-order valence-corrected chi connectivity index (χ1v) is 9.83. The van der Waals surface area contributed by atoms with Crippen LogP contribution in [0.3, 0.4) is 0 Å². The van der Waals surface area contributed by atoms with Crippen LogP contribution in [0.25, 0.3) is 0 Å². The molecular formula is C19H23N5O3S. The number of nitrogens with one attached hydrogen (secondary N) is 2. The fourth-order valence-corrected chi connectivity index (χ4v) is 3.18. The monoisotopic (exact) mass is 401 g/mol. The summed E-state index contributed by atoms with van der Waals surface area (Å²) in [6, 6.07) is 5.31. The Morgan fingerprint density at radius 2 is 2.11 bits per heavy atom. The van der Waals surface area contributed by atoms with E-state index in [2.05, 4.69) is 39.6 Å². The molecular weight excluding hydrogens is 378 g/mol. The largest absolute Gasteiger partial charge is 0.491 e. The van der Waals surface area contributed by atoms with Gasteiger partial charge in [-0.15, -0.1) is 11.3 Å². The number of ether oxygens (including phenoxy) is 1. The molecule has 0 saturated heterocycles. The third kappa shape index (κ3) is 5.78. The van der Waals surface area contributed by atoms with E-state index in [0.717, 1.165) is 10.4 Å². The summed E-state index contributed by atoms with van der Waals surface area (Å²) in [4.78, 5) is 21.6. The van der Waals surface area contributed by atoms with Crippen molar-refractivity contribution < 1.29 is 14.1 Å². The average Bonchev–Trinajstić information content (AvgIpc) is 3.32. The molecule has 0 atom stereocenters. The number of hydrogen-bond donors (Lipinski definition) is 2. The van der Waals surface area contributed by atoms with Crippen LogP contribution in [0.5, 0.6) is 5.75 Å². The fraction of sp³-hybridized carbons (Fsp3) is 0.368. The van der Waals surface area contributed by atoms with Crippen LogP contribution in [0.1, 0.15) is 30.2 Å². The van der Waals surface area contributed by atoms with Crippen molar-refractivity contribution in [3.63, 3.8) is 0 Å². The summed E-state index contributed by atoms with van der Waals surface area (Å²) in [5.74, 6) is 1.63. The molecule has 3 rings (SSSR count). The second kappa shape index (κ2) is 9.32. The number of rotatable bonds is 8. The van der Waals surface area contributed by atoms with Crippen molar-refractivity contribution in [2.24, 2.45) is 5.92 Å². The minimum atomic E-state index is -0.365. The van der Waals surface area contributed by atoms with Crippen LogP contribution >= 0.6 is 11.3 Å². The maximum Gasteiger partial charge on any atom is 0.325 e. The Hall–Kier alpha value is -2.94. The second-order valence-corrected chi connectivity index (χ2v) is 7.87. The summed E-state index contributed by atoms with van der Waals surface area (Å²) in [7, 11) is 0. The van der Waals surface area contributed by atoms with Gasteiger partial charge >= 0.3 is 6.03 Å². The van der Waals surface area contributed by atoms with E-state index in [9.17, 15) is 4.79 Å². The van der Waals surface area contributed by atoms with Gasteiger partial charge < -0.3 is 14.6 Å². The Balaban J connectivity index is 1.57. The normalized spacial score (nSPS) is 10.9. The predicted octanol–water partition coefficient (Wildman–Crippen LogP) is 4.30. The van der Waals surface area contributed by atoms with Gasteiger partial charge in [0.1, 0.15) is 5.75 Å². The number of anilines is 2. The molecule has 2 N–H and O–H groups in total. The van der Waals surface area contributed by atoms with Crippen LogP contribution in [0.15, 0.2) is 35.2 Å². The third-order valence-electron chi connectivity index (χ3n) is 3.72. The molecule has 2 heterocycles. The zero-order valence-corrected chi connectivity index (χ0v) is 16.9. The van der Waals surface area contributed by atoms with Crippen LogP contribution in [-0.4, -0.2) is 27.8 Å². The smallest absolute Gasteiger partial charge is 0.325 e. The number of nitrogens with zero attached hydrogens (tertiary/aromatic N) is 3. The molecule has 3 aromatic rings. The first-order valence-electron chi connectivity index (χ1n) is 9.01. The van der Waals surface area contributed by atoms with Gasteiger partial charge in [-0.2, -0.15) is 4.98 Å². The lowest BCUT2D eigenvalue weighted by molar-refractivity contribution is 0.260. The lowest BCUT2D eigenvalue weighted by Crippen LogP contribution is -2.20. The number of carbonyl (C=O) groups excluding carboxylic acids is 1. The first kappa shape index (κ1) is 19.8. The lowest BCUT2D eigenvalue weighted by Gasteiger charge is -2.14. The first-order chi connectivity index (χ1) is 13.5. The van der Waals surface area contributed by atoms with Gasteiger partial charge in [0, 0.05) is 17.5 Å². The second-order valence-electron chi connectivity index (χ2n) is 6.75. The van der Waals surface area contributed by atoms with E-state index in [4.69, 9.17) is 9.26 Å². The number of hydrogen-bond acceptors (Lipinski definition) is 7. The molecule has 0 aliphatic heterocycles. The molecule has 8 nitrogen and oxygen atoms in total. The van der Waals surface area contributed by atoms with Crippen molar-refractivity contribution in [2.75, 3.05) is 17.2 Å². The molecule has 0 fully saturated rings. The van der Waals surface area contributed by atoms with Gasteiger partial charge in [0.05, 0.1) is 12.3 Å². The predicted molar refractivity (Wildman–Crippen MR) is 108 cm³/mol. The Morgan fingerprint density at radius 3 is 2.86 bits per heavy atom. The summed E-state index contributed by atoms with van der Waals surface area (Å²) in [6.45, 7) is 6.72. The minimum absolute atomic E-state index is 0.365. The van der Waals surface area contributed by atoms with Crippen LogP contribution in [0.2, 0.25) is 0 Å². The average molecular weight is 401 g/mol. The van der Waals surface area contributed by atoms with E-state index in [0.29, 0.717) is 47.8 Å². The Morgan fingerprint density at radius 1 is 1.25 bits per heavy atom. The van der Waals surface area contributed by atoms with E-state index in [-0.39, 0.29) is 6.03 Å². The molecule has 0 spiro atoms. The van der Waals surface area contributed by atoms with Gasteiger partial charge in [-0.05, 0) is 37.0 Å². The zero-order chi connectivity index (χ0) is 19.9. The quantitative estimate of drug-likeness (QED) is 0.583. The van der Waals surface area contributed by atoms with E-state index in [1.54, 1.807) is 6.20 Å². The number of thiazole rings is 1. The van der Waals surface area contributed by atoms with Crippen LogP contribution < -0.4 is 15.4 Å². The van der Waals surface area contributed by atoms with E-state index < -0.39 is 0 Å². The topological polar surface area (TPSA) is 102 Å². The highest BCUT2D eigenvalue weighted by Crippen LogP contribution is 2.27. The highest BCUT2D eigenvalue weighted by Gasteiger charge is 2.12. The van der Waals surface area contributed by atoms with Crippen molar-refractivity contribution in [1.29, 1.82) is 0 Å². The maximum atomic E-state index is 12.4. The molecule has 28 heavy (non-hydrogen) atoms. The summed E-state index contributed by atoms with van der Waals surface area (Å²) in [6.07, 6.45) is 4.46. The lowest BCUT2D eigenvalue weighted by atomic mass is 10.2. The maximum absolute atomic E-state index is 12.4. The van der Waals surface area contributed by atoms with Gasteiger partial charge in [0.25, 0.3) is 0 Å². The number of urea groups is 1. The molecule has 9 heteroatoms. The van der Waals surface area contributed by atoms with E-state index in [1.807, 2.05) is 25.1 Å². The van der Waals surface area contributed by atoms with Crippen molar-refractivity contribution in [1.82, 2.24) is 15.1 Å². The SMILES string of the molecule is Cc1ccc(NC(=O)Nc2ncc(CCc3ncno3)s2)c(OCC(C)C)c1. The Bertz CT molecular complexity index is 908. The number of carbonyl (C=O) groups is 1. The molecule has 2 amide bonds. The molecule has 0 unspecified atom stereocenters. The molecule has 0 bridgehead atoms. The van der Waals surface area contributed by atoms with Gasteiger partial charge in [0.15, 0.2) is 11.5 Å². The summed E-state index contributed by atoms with van der Waals surface area (Å²) in [5.41, 5.74) is 1.69. The molecule has 148 valence electrons. The van der Waals surface area contributed by atoms with Crippen LogP contribution in [0.4, 0.5) is 15.6 Å². The Kier molecular flexibility index (Phi) is 6.59. The fourth-order valence-electron chi connectivity index (χ4n) is 2.38. The van der Waals surface area contributed by atoms with Gasteiger partial charge in [-0.1, -0.05) is 25.1 Å². The van der Waals surface area contributed by atoms with Crippen molar-refractivity contribution >= 4 is 28.2 Å². The number of aromatic nitrogens is 3.